The fraction of sp³-hybridized carbons (Fsp3) is 0.455. The molecular weight excluding hydrogens is 296 g/mol. The van der Waals surface area contributed by atoms with E-state index in [0.29, 0.717) is 11.8 Å². The molecule has 2 aromatic rings. The van der Waals surface area contributed by atoms with E-state index >= 15 is 0 Å². The topological polar surface area (TPSA) is 18.5 Å². The summed E-state index contributed by atoms with van der Waals surface area (Å²) in [4.78, 5) is 0. The number of rotatable bonds is 7. The van der Waals surface area contributed by atoms with Gasteiger partial charge in [-0.25, -0.2) is 0 Å². The van der Waals surface area contributed by atoms with Crippen LogP contribution in [0.3, 0.4) is 0 Å². The first-order chi connectivity index (χ1) is 11.5. The molecule has 24 heavy (non-hydrogen) atoms. The van der Waals surface area contributed by atoms with Crippen LogP contribution in [0.25, 0.3) is 0 Å². The first-order valence-corrected chi connectivity index (χ1v) is 8.84. The molecular formula is C22H30O2. The Kier molecular flexibility index (Phi) is 6.30. The van der Waals surface area contributed by atoms with E-state index in [1.807, 2.05) is 0 Å². The summed E-state index contributed by atoms with van der Waals surface area (Å²) in [5.41, 5.74) is 5.20. The Morgan fingerprint density at radius 1 is 0.708 bits per heavy atom. The number of hydrogen-bond donors (Lipinski definition) is 0. The van der Waals surface area contributed by atoms with Crippen LogP contribution in [0.2, 0.25) is 0 Å². The van der Waals surface area contributed by atoms with Gasteiger partial charge in [0.2, 0.25) is 0 Å². The van der Waals surface area contributed by atoms with Crippen molar-refractivity contribution >= 4 is 0 Å². The largest absolute Gasteiger partial charge is 0.496 e. The molecule has 0 aliphatic heterocycles. The van der Waals surface area contributed by atoms with E-state index in [1.54, 1.807) is 14.2 Å². The molecule has 0 heterocycles. The van der Waals surface area contributed by atoms with Crippen molar-refractivity contribution in [1.29, 1.82) is 0 Å². The monoisotopic (exact) mass is 326 g/mol. The molecule has 0 spiro atoms. The molecule has 2 atom stereocenters. The van der Waals surface area contributed by atoms with Crippen LogP contribution in [0.4, 0.5) is 0 Å². The normalized spacial score (nSPS) is 13.4. The minimum atomic E-state index is 0.507. The second kappa shape index (κ2) is 8.23. The smallest absolute Gasteiger partial charge is 0.121 e. The highest BCUT2D eigenvalue weighted by molar-refractivity contribution is 5.41. The summed E-state index contributed by atoms with van der Waals surface area (Å²) < 4.78 is 10.8. The van der Waals surface area contributed by atoms with Gasteiger partial charge in [0.1, 0.15) is 11.5 Å². The molecule has 2 heteroatoms. The molecule has 2 nitrogen and oxygen atoms in total. The highest BCUT2D eigenvalue weighted by atomic mass is 16.5. The average molecular weight is 326 g/mol. The number of aryl methyl sites for hydroxylation is 2. The van der Waals surface area contributed by atoms with Gasteiger partial charge < -0.3 is 9.47 Å². The maximum atomic E-state index is 5.41. The molecule has 2 rings (SSSR count). The van der Waals surface area contributed by atoms with Crippen LogP contribution in [-0.4, -0.2) is 14.2 Å². The van der Waals surface area contributed by atoms with Gasteiger partial charge in [-0.3, -0.25) is 0 Å². The molecule has 0 aliphatic rings. The average Bonchev–Trinajstić information content (AvgIpc) is 2.59. The van der Waals surface area contributed by atoms with E-state index in [9.17, 15) is 0 Å². The molecule has 0 aromatic heterocycles. The second-order valence-electron chi connectivity index (χ2n) is 6.49. The maximum Gasteiger partial charge on any atom is 0.121 e. The zero-order valence-corrected chi connectivity index (χ0v) is 15.8. The first-order valence-electron chi connectivity index (χ1n) is 8.84. The van der Waals surface area contributed by atoms with Crippen molar-refractivity contribution in [2.75, 3.05) is 14.2 Å². The summed E-state index contributed by atoms with van der Waals surface area (Å²) in [5, 5.41) is 0. The third-order valence-corrected chi connectivity index (χ3v) is 5.06. The van der Waals surface area contributed by atoms with E-state index in [-0.39, 0.29) is 0 Å². The van der Waals surface area contributed by atoms with Crippen LogP contribution in [0.5, 0.6) is 11.5 Å². The maximum absolute atomic E-state index is 5.41. The van der Waals surface area contributed by atoms with Crippen molar-refractivity contribution in [3.05, 3.63) is 58.7 Å². The van der Waals surface area contributed by atoms with E-state index in [4.69, 9.17) is 9.47 Å². The zero-order chi connectivity index (χ0) is 17.7. The van der Waals surface area contributed by atoms with Crippen molar-refractivity contribution in [3.63, 3.8) is 0 Å². The van der Waals surface area contributed by atoms with Crippen LogP contribution in [0.1, 0.15) is 60.8 Å². The zero-order valence-electron chi connectivity index (χ0n) is 15.8. The van der Waals surface area contributed by atoms with Gasteiger partial charge >= 0.3 is 0 Å². The minimum absolute atomic E-state index is 0.507. The summed E-state index contributed by atoms with van der Waals surface area (Å²) in [7, 11) is 3.46. The Morgan fingerprint density at radius 3 is 1.33 bits per heavy atom. The van der Waals surface area contributed by atoms with Gasteiger partial charge in [-0.1, -0.05) is 38.1 Å². The van der Waals surface area contributed by atoms with Gasteiger partial charge in [0.15, 0.2) is 0 Å². The standard InChI is InChI=1S/C22H30O2/c1-7-19(17-9-11-21(23-5)15(3)13-17)20(8-2)18-10-12-22(24-6)16(4)14-18/h9-14,19-20H,7-8H2,1-6H3. The lowest BCUT2D eigenvalue weighted by molar-refractivity contribution is 0.410. The number of ether oxygens (including phenoxy) is 2. The summed E-state index contributed by atoms with van der Waals surface area (Å²) in [6.07, 6.45) is 2.24. The summed E-state index contributed by atoms with van der Waals surface area (Å²) in [5.74, 6) is 2.93. The van der Waals surface area contributed by atoms with Gasteiger partial charge in [-0.05, 0) is 72.9 Å². The molecule has 0 saturated carbocycles. The highest BCUT2D eigenvalue weighted by Crippen LogP contribution is 2.40. The summed E-state index contributed by atoms with van der Waals surface area (Å²) >= 11 is 0. The van der Waals surface area contributed by atoms with Crippen molar-refractivity contribution in [1.82, 2.24) is 0 Å². The van der Waals surface area contributed by atoms with E-state index < -0.39 is 0 Å². The predicted octanol–water partition coefficient (Wildman–Crippen LogP) is 6.01. The second-order valence-corrected chi connectivity index (χ2v) is 6.49. The van der Waals surface area contributed by atoms with Gasteiger partial charge in [-0.15, -0.1) is 0 Å². The number of hydrogen-bond acceptors (Lipinski definition) is 2. The number of benzene rings is 2. The van der Waals surface area contributed by atoms with Crippen molar-refractivity contribution in [2.45, 2.75) is 52.4 Å². The lowest BCUT2D eigenvalue weighted by atomic mass is 9.77. The third-order valence-electron chi connectivity index (χ3n) is 5.06. The molecule has 0 amide bonds. The summed E-state index contributed by atoms with van der Waals surface area (Å²) in [6, 6.07) is 13.2. The first kappa shape index (κ1) is 18.4. The predicted molar refractivity (Wildman–Crippen MR) is 102 cm³/mol. The van der Waals surface area contributed by atoms with Crippen LogP contribution < -0.4 is 9.47 Å². The van der Waals surface area contributed by atoms with Crippen LogP contribution in [0, 0.1) is 13.8 Å². The summed E-state index contributed by atoms with van der Waals surface area (Å²) in [6.45, 7) is 8.80. The Balaban J connectivity index is 2.39. The molecule has 0 fully saturated rings. The van der Waals surface area contributed by atoms with Crippen LogP contribution in [0.15, 0.2) is 36.4 Å². The fourth-order valence-corrected chi connectivity index (χ4v) is 3.77. The Labute approximate surface area is 146 Å². The molecule has 0 saturated heterocycles. The van der Waals surface area contributed by atoms with Gasteiger partial charge in [0.25, 0.3) is 0 Å². The van der Waals surface area contributed by atoms with Crippen molar-refractivity contribution in [2.24, 2.45) is 0 Å². The van der Waals surface area contributed by atoms with Crippen molar-refractivity contribution < 1.29 is 9.47 Å². The number of methoxy groups -OCH3 is 2. The SMILES string of the molecule is CCC(c1ccc(OC)c(C)c1)C(CC)c1ccc(OC)c(C)c1. The van der Waals surface area contributed by atoms with E-state index in [1.165, 1.54) is 22.3 Å². The Hall–Kier alpha value is -1.96. The van der Waals surface area contributed by atoms with Crippen LogP contribution >= 0.6 is 0 Å². The third kappa shape index (κ3) is 3.75. The van der Waals surface area contributed by atoms with Gasteiger partial charge in [0, 0.05) is 0 Å². The molecule has 0 bridgehead atoms. The Bertz CT molecular complexity index is 616. The van der Waals surface area contributed by atoms with Gasteiger partial charge in [-0.2, -0.15) is 0 Å². The molecule has 0 aliphatic carbocycles. The quantitative estimate of drug-likeness (QED) is 0.620. The lowest BCUT2D eigenvalue weighted by Crippen LogP contribution is -2.11. The minimum Gasteiger partial charge on any atom is -0.496 e. The molecule has 130 valence electrons. The lowest BCUT2D eigenvalue weighted by Gasteiger charge is -2.27. The van der Waals surface area contributed by atoms with Gasteiger partial charge in [0.05, 0.1) is 14.2 Å². The van der Waals surface area contributed by atoms with Crippen molar-refractivity contribution in [3.8, 4) is 11.5 Å². The molecule has 2 aromatic carbocycles. The molecule has 0 radical (unpaired) electrons. The molecule has 2 unspecified atom stereocenters. The molecule has 0 N–H and O–H groups in total. The van der Waals surface area contributed by atoms with Crippen LogP contribution in [-0.2, 0) is 0 Å². The van der Waals surface area contributed by atoms with E-state index in [2.05, 4.69) is 64.1 Å². The Morgan fingerprint density at radius 2 is 1.08 bits per heavy atom. The highest BCUT2D eigenvalue weighted by Gasteiger charge is 2.23. The fourth-order valence-electron chi connectivity index (χ4n) is 3.77. The van der Waals surface area contributed by atoms with E-state index in [0.717, 1.165) is 24.3 Å².